The van der Waals surface area contributed by atoms with Crippen molar-refractivity contribution < 1.29 is 5.11 Å². The van der Waals surface area contributed by atoms with E-state index in [4.69, 9.17) is 5.73 Å². The van der Waals surface area contributed by atoms with Gasteiger partial charge in [-0.15, -0.1) is 0 Å². The summed E-state index contributed by atoms with van der Waals surface area (Å²) in [6, 6.07) is 0. The minimum atomic E-state index is 0.00270. The first-order valence-corrected chi connectivity index (χ1v) is 6.03. The van der Waals surface area contributed by atoms with Gasteiger partial charge in [0, 0.05) is 13.2 Å². The van der Waals surface area contributed by atoms with Crippen molar-refractivity contribution in [2.45, 2.75) is 47.0 Å². The van der Waals surface area contributed by atoms with Gasteiger partial charge in [0.25, 0.3) is 0 Å². The monoisotopic (exact) mass is 225 g/mol. The van der Waals surface area contributed by atoms with Crippen LogP contribution in [0.5, 0.6) is 0 Å². The highest BCUT2D eigenvalue weighted by Gasteiger charge is 2.16. The fourth-order valence-electron chi connectivity index (χ4n) is 1.73. The Bertz CT molecular complexity index is 251. The largest absolute Gasteiger partial charge is 0.396 e. The predicted molar refractivity (Wildman–Crippen MR) is 71.3 cm³/mol. The SMILES string of the molecule is CC(=CCN)CCC=C(C)CC(C)(C)CO. The summed E-state index contributed by atoms with van der Waals surface area (Å²) in [7, 11) is 0. The molecule has 0 saturated heterocycles. The summed E-state index contributed by atoms with van der Waals surface area (Å²) in [6.07, 6.45) is 7.44. The van der Waals surface area contributed by atoms with Crippen LogP contribution in [0.25, 0.3) is 0 Å². The van der Waals surface area contributed by atoms with Gasteiger partial charge < -0.3 is 10.8 Å². The van der Waals surface area contributed by atoms with Crippen LogP contribution >= 0.6 is 0 Å². The molecule has 0 aromatic carbocycles. The van der Waals surface area contributed by atoms with E-state index in [2.05, 4.69) is 39.8 Å². The van der Waals surface area contributed by atoms with E-state index >= 15 is 0 Å². The molecule has 0 heterocycles. The lowest BCUT2D eigenvalue weighted by Gasteiger charge is -2.21. The number of rotatable bonds is 7. The third kappa shape index (κ3) is 7.66. The molecule has 3 N–H and O–H groups in total. The van der Waals surface area contributed by atoms with E-state index in [1.54, 1.807) is 0 Å². The molecule has 16 heavy (non-hydrogen) atoms. The number of nitrogens with two attached hydrogens (primary N) is 1. The Morgan fingerprint density at radius 1 is 1.19 bits per heavy atom. The molecule has 2 heteroatoms. The maximum Gasteiger partial charge on any atom is 0.0485 e. The van der Waals surface area contributed by atoms with Gasteiger partial charge in [-0.1, -0.05) is 37.1 Å². The molecule has 94 valence electrons. The molecule has 0 spiro atoms. The number of hydrogen-bond acceptors (Lipinski definition) is 2. The van der Waals surface area contributed by atoms with E-state index in [9.17, 15) is 5.11 Å². The Morgan fingerprint density at radius 2 is 1.81 bits per heavy atom. The van der Waals surface area contributed by atoms with Crippen molar-refractivity contribution in [3.8, 4) is 0 Å². The van der Waals surface area contributed by atoms with Crippen LogP contribution in [0.3, 0.4) is 0 Å². The van der Waals surface area contributed by atoms with Crippen LogP contribution < -0.4 is 5.73 Å². The van der Waals surface area contributed by atoms with Crippen molar-refractivity contribution in [2.24, 2.45) is 11.1 Å². The van der Waals surface area contributed by atoms with E-state index < -0.39 is 0 Å². The van der Waals surface area contributed by atoms with Gasteiger partial charge in [0.05, 0.1) is 0 Å². The van der Waals surface area contributed by atoms with Crippen LogP contribution in [0, 0.1) is 5.41 Å². The van der Waals surface area contributed by atoms with Crippen LogP contribution in [0.4, 0.5) is 0 Å². The molecule has 0 aliphatic heterocycles. The molecule has 2 nitrogen and oxygen atoms in total. The summed E-state index contributed by atoms with van der Waals surface area (Å²) < 4.78 is 0. The topological polar surface area (TPSA) is 46.2 Å². The van der Waals surface area contributed by atoms with Crippen LogP contribution in [0.1, 0.15) is 47.0 Å². The average Bonchev–Trinajstić information content (AvgIpc) is 2.17. The Balaban J connectivity index is 4.01. The van der Waals surface area contributed by atoms with Crippen molar-refractivity contribution >= 4 is 0 Å². The van der Waals surface area contributed by atoms with E-state index in [-0.39, 0.29) is 12.0 Å². The smallest absolute Gasteiger partial charge is 0.0485 e. The molecule has 0 amide bonds. The molecule has 0 bridgehead atoms. The highest BCUT2D eigenvalue weighted by Crippen LogP contribution is 2.24. The van der Waals surface area contributed by atoms with Gasteiger partial charge in [0.15, 0.2) is 0 Å². The Labute approximate surface area is 100 Å². The summed E-state index contributed by atoms with van der Waals surface area (Å²) in [5.74, 6) is 0. The zero-order chi connectivity index (χ0) is 12.6. The molecule has 0 atom stereocenters. The molecule has 0 aliphatic rings. The Morgan fingerprint density at radius 3 is 2.31 bits per heavy atom. The summed E-state index contributed by atoms with van der Waals surface area (Å²) >= 11 is 0. The van der Waals surface area contributed by atoms with Gasteiger partial charge in [0.1, 0.15) is 0 Å². The van der Waals surface area contributed by atoms with Gasteiger partial charge in [-0.2, -0.15) is 0 Å². The number of hydrogen-bond donors (Lipinski definition) is 2. The van der Waals surface area contributed by atoms with Crippen molar-refractivity contribution in [1.82, 2.24) is 0 Å². The zero-order valence-electron chi connectivity index (χ0n) is 11.2. The standard InChI is InChI=1S/C14H27NO/c1-12(8-9-15)6-5-7-13(2)10-14(3,4)11-16/h7-8,16H,5-6,9-11,15H2,1-4H3. The maximum atomic E-state index is 9.18. The maximum absolute atomic E-state index is 9.18. The van der Waals surface area contributed by atoms with E-state index in [1.165, 1.54) is 11.1 Å². The Hall–Kier alpha value is -0.600. The molecule has 0 rings (SSSR count). The molecule has 0 aromatic heterocycles. The van der Waals surface area contributed by atoms with E-state index in [0.29, 0.717) is 6.54 Å². The first kappa shape index (κ1) is 15.4. The summed E-state index contributed by atoms with van der Waals surface area (Å²) in [6.45, 7) is 9.30. The third-order valence-electron chi connectivity index (χ3n) is 2.68. The normalized spacial score (nSPS) is 14.4. The van der Waals surface area contributed by atoms with Gasteiger partial charge in [-0.3, -0.25) is 0 Å². The first-order chi connectivity index (χ1) is 7.41. The number of aliphatic hydroxyl groups excluding tert-OH is 1. The molecule has 0 radical (unpaired) electrons. The van der Waals surface area contributed by atoms with E-state index in [0.717, 1.165) is 19.3 Å². The summed E-state index contributed by atoms with van der Waals surface area (Å²) in [5, 5.41) is 9.18. The second kappa shape index (κ2) is 7.64. The predicted octanol–water partition coefficient (Wildman–Crippen LogP) is 3.03. The molecule has 0 aromatic rings. The quantitative estimate of drug-likeness (QED) is 0.654. The highest BCUT2D eigenvalue weighted by molar-refractivity contribution is 5.05. The van der Waals surface area contributed by atoms with E-state index in [1.807, 2.05) is 0 Å². The van der Waals surface area contributed by atoms with Crippen LogP contribution in [0.2, 0.25) is 0 Å². The van der Waals surface area contributed by atoms with Gasteiger partial charge in [0.2, 0.25) is 0 Å². The fraction of sp³-hybridized carbons (Fsp3) is 0.714. The summed E-state index contributed by atoms with van der Waals surface area (Å²) in [5.41, 5.74) is 8.16. The fourth-order valence-corrected chi connectivity index (χ4v) is 1.73. The lowest BCUT2D eigenvalue weighted by molar-refractivity contribution is 0.159. The van der Waals surface area contributed by atoms with Crippen molar-refractivity contribution in [2.75, 3.05) is 13.2 Å². The van der Waals surface area contributed by atoms with Gasteiger partial charge >= 0.3 is 0 Å². The molecule has 0 aliphatic carbocycles. The molecule has 0 unspecified atom stereocenters. The van der Waals surface area contributed by atoms with Gasteiger partial charge in [-0.05, 0) is 38.5 Å². The lowest BCUT2D eigenvalue weighted by atomic mass is 9.86. The average molecular weight is 225 g/mol. The van der Waals surface area contributed by atoms with Crippen molar-refractivity contribution in [1.29, 1.82) is 0 Å². The van der Waals surface area contributed by atoms with Crippen LogP contribution in [-0.2, 0) is 0 Å². The zero-order valence-corrected chi connectivity index (χ0v) is 11.2. The number of allylic oxidation sites excluding steroid dienone is 3. The molecule has 0 fully saturated rings. The number of aliphatic hydroxyl groups is 1. The van der Waals surface area contributed by atoms with Crippen LogP contribution in [0.15, 0.2) is 23.3 Å². The molecular formula is C14H27NO. The molecular weight excluding hydrogens is 198 g/mol. The van der Waals surface area contributed by atoms with Crippen molar-refractivity contribution in [3.63, 3.8) is 0 Å². The molecule has 0 saturated carbocycles. The third-order valence-corrected chi connectivity index (χ3v) is 2.68. The van der Waals surface area contributed by atoms with Crippen molar-refractivity contribution in [3.05, 3.63) is 23.3 Å². The second-order valence-corrected chi connectivity index (χ2v) is 5.37. The van der Waals surface area contributed by atoms with Gasteiger partial charge in [-0.25, -0.2) is 0 Å². The minimum absolute atomic E-state index is 0.00270. The lowest BCUT2D eigenvalue weighted by Crippen LogP contribution is -2.16. The second-order valence-electron chi connectivity index (χ2n) is 5.37. The Kier molecular flexibility index (Phi) is 7.35. The highest BCUT2D eigenvalue weighted by atomic mass is 16.3. The minimum Gasteiger partial charge on any atom is -0.396 e. The summed E-state index contributed by atoms with van der Waals surface area (Å²) in [4.78, 5) is 0. The van der Waals surface area contributed by atoms with Crippen LogP contribution in [-0.4, -0.2) is 18.3 Å². The first-order valence-electron chi connectivity index (χ1n) is 6.03.